The molecule has 0 aliphatic carbocycles. The van der Waals surface area contributed by atoms with Crippen molar-refractivity contribution in [2.24, 2.45) is 16.1 Å². The highest BCUT2D eigenvalue weighted by Gasteiger charge is 2.06. The number of oxime groups is 1. The molecule has 1 unspecified atom stereocenters. The van der Waals surface area contributed by atoms with Crippen LogP contribution in [0, 0.1) is 5.92 Å². The largest absolute Gasteiger partial charge is 0.393 e. The van der Waals surface area contributed by atoms with Gasteiger partial charge in [0.15, 0.2) is 0 Å². The summed E-state index contributed by atoms with van der Waals surface area (Å²) in [6.07, 6.45) is 3.69. The second-order valence-corrected chi connectivity index (χ2v) is 3.07. The van der Waals surface area contributed by atoms with E-state index in [-0.39, 0.29) is 18.5 Å². The van der Waals surface area contributed by atoms with Gasteiger partial charge in [-0.05, 0) is 13.8 Å². The molecule has 13 heavy (non-hydrogen) atoms. The Balaban J connectivity index is 0.00000144. The lowest BCUT2D eigenvalue weighted by atomic mass is 10.1. The molecule has 1 aliphatic heterocycles. The lowest BCUT2D eigenvalue weighted by Crippen LogP contribution is -2.29. The molecule has 1 N–H and O–H groups in total. The van der Waals surface area contributed by atoms with Gasteiger partial charge in [-0.15, -0.1) is 12.4 Å². The van der Waals surface area contributed by atoms with E-state index in [9.17, 15) is 0 Å². The van der Waals surface area contributed by atoms with Crippen molar-refractivity contribution < 1.29 is 4.84 Å². The highest BCUT2D eigenvalue weighted by atomic mass is 35.5. The minimum absolute atomic E-state index is 0. The van der Waals surface area contributed by atoms with E-state index in [1.807, 2.05) is 20.1 Å². The van der Waals surface area contributed by atoms with Crippen LogP contribution in [0.15, 0.2) is 10.1 Å². The predicted molar refractivity (Wildman–Crippen MR) is 56.8 cm³/mol. The summed E-state index contributed by atoms with van der Waals surface area (Å²) >= 11 is 0. The second-order valence-electron chi connectivity index (χ2n) is 3.07. The average molecular weight is 206 g/mol. The van der Waals surface area contributed by atoms with Crippen LogP contribution < -0.4 is 5.32 Å². The Morgan fingerprint density at radius 1 is 1.69 bits per heavy atom. The van der Waals surface area contributed by atoms with Gasteiger partial charge in [-0.2, -0.15) is 0 Å². The second kappa shape index (κ2) is 6.71. The molecular formula is C8H16ClN3O. The van der Waals surface area contributed by atoms with Gasteiger partial charge in [0.2, 0.25) is 0 Å². The number of rotatable bonds is 3. The zero-order valence-electron chi connectivity index (χ0n) is 7.93. The average Bonchev–Trinajstić information content (AvgIpc) is 2.05. The van der Waals surface area contributed by atoms with Gasteiger partial charge in [-0.1, -0.05) is 5.16 Å². The summed E-state index contributed by atoms with van der Waals surface area (Å²) in [7, 11) is 0. The summed E-state index contributed by atoms with van der Waals surface area (Å²) in [6.45, 7) is 5.61. The normalized spacial score (nSPS) is 21.3. The summed E-state index contributed by atoms with van der Waals surface area (Å²) < 4.78 is 0. The zero-order valence-corrected chi connectivity index (χ0v) is 8.75. The Morgan fingerprint density at radius 2 is 2.46 bits per heavy atom. The molecule has 1 rings (SSSR count). The SMILES string of the molecule is CC(C)O/N=C/C1CN=CNC1.Cl. The van der Waals surface area contributed by atoms with Crippen LogP contribution in [0.3, 0.4) is 0 Å². The molecule has 0 saturated carbocycles. The topological polar surface area (TPSA) is 46.0 Å². The molecule has 0 spiro atoms. The first-order valence-corrected chi connectivity index (χ1v) is 4.20. The van der Waals surface area contributed by atoms with Crippen molar-refractivity contribution >= 4 is 25.0 Å². The molecule has 0 aromatic rings. The highest BCUT2D eigenvalue weighted by molar-refractivity contribution is 5.85. The van der Waals surface area contributed by atoms with Gasteiger partial charge in [0.25, 0.3) is 0 Å². The fourth-order valence-electron chi connectivity index (χ4n) is 0.864. The van der Waals surface area contributed by atoms with E-state index in [1.54, 1.807) is 6.34 Å². The van der Waals surface area contributed by atoms with Crippen LogP contribution in [0.2, 0.25) is 0 Å². The maximum absolute atomic E-state index is 5.03. The lowest BCUT2D eigenvalue weighted by molar-refractivity contribution is 0.0862. The van der Waals surface area contributed by atoms with E-state index in [0.717, 1.165) is 13.1 Å². The Bertz CT molecular complexity index is 182. The van der Waals surface area contributed by atoms with Crippen molar-refractivity contribution in [2.75, 3.05) is 13.1 Å². The smallest absolute Gasteiger partial charge is 0.121 e. The van der Waals surface area contributed by atoms with E-state index >= 15 is 0 Å². The molecule has 1 heterocycles. The van der Waals surface area contributed by atoms with Gasteiger partial charge in [0.05, 0.1) is 19.1 Å². The zero-order chi connectivity index (χ0) is 8.81. The molecule has 0 saturated heterocycles. The van der Waals surface area contributed by atoms with E-state index in [4.69, 9.17) is 4.84 Å². The highest BCUT2D eigenvalue weighted by Crippen LogP contribution is 1.96. The first-order valence-electron chi connectivity index (χ1n) is 4.20. The summed E-state index contributed by atoms with van der Waals surface area (Å²) in [5.41, 5.74) is 0. The Kier molecular flexibility index (Phi) is 6.32. The van der Waals surface area contributed by atoms with E-state index in [2.05, 4.69) is 15.5 Å². The summed E-state index contributed by atoms with van der Waals surface area (Å²) in [6, 6.07) is 0. The Hall–Kier alpha value is -0.770. The summed E-state index contributed by atoms with van der Waals surface area (Å²) in [5.74, 6) is 0.369. The van der Waals surface area contributed by atoms with Crippen LogP contribution in [0.1, 0.15) is 13.8 Å². The van der Waals surface area contributed by atoms with Gasteiger partial charge in [0, 0.05) is 12.5 Å². The van der Waals surface area contributed by atoms with Crippen molar-refractivity contribution in [1.82, 2.24) is 5.32 Å². The maximum atomic E-state index is 5.03. The fraction of sp³-hybridized carbons (Fsp3) is 0.750. The maximum Gasteiger partial charge on any atom is 0.121 e. The third-order valence-corrected chi connectivity index (χ3v) is 1.45. The van der Waals surface area contributed by atoms with E-state index in [1.165, 1.54) is 0 Å². The van der Waals surface area contributed by atoms with Crippen molar-refractivity contribution in [3.05, 3.63) is 0 Å². The molecule has 0 radical (unpaired) electrons. The molecule has 0 aromatic heterocycles. The molecule has 5 heteroatoms. The quantitative estimate of drug-likeness (QED) is 0.554. The van der Waals surface area contributed by atoms with Gasteiger partial charge in [-0.3, -0.25) is 4.99 Å². The standard InChI is InChI=1S/C8H15N3O.ClH/c1-7(2)12-11-5-8-3-9-6-10-4-8;/h5-8H,3-4H2,1-2H3,(H,9,10);1H/b11-5+;. The number of aliphatic imine (C=N–C) groups is 1. The van der Waals surface area contributed by atoms with Crippen LogP contribution >= 0.6 is 12.4 Å². The minimum Gasteiger partial charge on any atom is -0.393 e. The van der Waals surface area contributed by atoms with Crippen molar-refractivity contribution in [2.45, 2.75) is 20.0 Å². The third-order valence-electron chi connectivity index (χ3n) is 1.45. The van der Waals surface area contributed by atoms with E-state index in [0.29, 0.717) is 5.92 Å². The van der Waals surface area contributed by atoms with Crippen LogP contribution in [0.5, 0.6) is 0 Å². The number of hydrogen-bond donors (Lipinski definition) is 1. The number of nitrogens with one attached hydrogen (secondary N) is 1. The Morgan fingerprint density at radius 3 is 3.00 bits per heavy atom. The van der Waals surface area contributed by atoms with Gasteiger partial charge in [0.1, 0.15) is 6.10 Å². The molecule has 1 atom stereocenters. The fourth-order valence-corrected chi connectivity index (χ4v) is 0.864. The van der Waals surface area contributed by atoms with E-state index < -0.39 is 0 Å². The van der Waals surface area contributed by atoms with Crippen molar-refractivity contribution in [3.8, 4) is 0 Å². The van der Waals surface area contributed by atoms with Crippen molar-refractivity contribution in [1.29, 1.82) is 0 Å². The minimum atomic E-state index is 0. The number of nitrogens with zero attached hydrogens (tertiary/aromatic N) is 2. The predicted octanol–water partition coefficient (Wildman–Crippen LogP) is 1.07. The summed E-state index contributed by atoms with van der Waals surface area (Å²) in [5, 5.41) is 6.89. The molecule has 76 valence electrons. The Labute approximate surface area is 84.8 Å². The first-order chi connectivity index (χ1) is 5.79. The van der Waals surface area contributed by atoms with Gasteiger partial charge < -0.3 is 10.2 Å². The van der Waals surface area contributed by atoms with Gasteiger partial charge in [-0.25, -0.2) is 0 Å². The van der Waals surface area contributed by atoms with Gasteiger partial charge >= 0.3 is 0 Å². The monoisotopic (exact) mass is 205 g/mol. The molecule has 4 nitrogen and oxygen atoms in total. The molecule has 1 aliphatic rings. The van der Waals surface area contributed by atoms with Crippen LogP contribution in [-0.4, -0.2) is 31.7 Å². The number of hydrogen-bond acceptors (Lipinski definition) is 4. The number of halogens is 1. The van der Waals surface area contributed by atoms with Crippen LogP contribution in [0.25, 0.3) is 0 Å². The van der Waals surface area contributed by atoms with Crippen LogP contribution in [0.4, 0.5) is 0 Å². The molecular weight excluding hydrogens is 190 g/mol. The first kappa shape index (κ1) is 12.2. The molecule has 0 amide bonds. The summed E-state index contributed by atoms with van der Waals surface area (Å²) in [4.78, 5) is 9.11. The third kappa shape index (κ3) is 5.47. The molecule has 0 fully saturated rings. The van der Waals surface area contributed by atoms with Crippen LogP contribution in [-0.2, 0) is 4.84 Å². The molecule has 0 bridgehead atoms. The van der Waals surface area contributed by atoms with Crippen molar-refractivity contribution in [3.63, 3.8) is 0 Å². The molecule has 0 aromatic carbocycles. The lowest BCUT2D eigenvalue weighted by Gasteiger charge is -2.13.